The van der Waals surface area contributed by atoms with E-state index in [-0.39, 0.29) is 35.9 Å². The Bertz CT molecular complexity index is 1470. The van der Waals surface area contributed by atoms with Crippen LogP contribution in [0.15, 0.2) is 60.0 Å². The first-order chi connectivity index (χ1) is 16.9. The van der Waals surface area contributed by atoms with E-state index in [0.717, 1.165) is 0 Å². The van der Waals surface area contributed by atoms with Crippen molar-refractivity contribution < 1.29 is 23.5 Å². The highest BCUT2D eigenvalue weighted by molar-refractivity contribution is 7.13. The van der Waals surface area contributed by atoms with Crippen molar-refractivity contribution in [2.45, 2.75) is 25.8 Å². The molecule has 0 bridgehead atoms. The van der Waals surface area contributed by atoms with E-state index in [2.05, 4.69) is 6.07 Å². The maximum absolute atomic E-state index is 14.6. The summed E-state index contributed by atoms with van der Waals surface area (Å²) in [4.78, 5) is 29.5. The van der Waals surface area contributed by atoms with Crippen LogP contribution in [0.4, 0.5) is 10.1 Å². The highest BCUT2D eigenvalue weighted by Gasteiger charge is 2.61. The summed E-state index contributed by atoms with van der Waals surface area (Å²) in [5.74, 6) is -1.67. The van der Waals surface area contributed by atoms with Crippen molar-refractivity contribution in [3.05, 3.63) is 92.2 Å². The van der Waals surface area contributed by atoms with E-state index in [1.807, 2.05) is 0 Å². The lowest BCUT2D eigenvalue weighted by Crippen LogP contribution is -2.45. The third-order valence-electron chi connectivity index (χ3n) is 6.26. The smallest absolute Gasteiger partial charge is 0.343 e. The van der Waals surface area contributed by atoms with Crippen LogP contribution in [0.2, 0.25) is 0 Å². The van der Waals surface area contributed by atoms with Crippen LogP contribution in [0.25, 0.3) is 0 Å². The fourth-order valence-electron chi connectivity index (χ4n) is 4.77. The van der Waals surface area contributed by atoms with Gasteiger partial charge in [0.2, 0.25) is 11.8 Å². The number of halogens is 1. The van der Waals surface area contributed by atoms with E-state index in [1.165, 1.54) is 22.3 Å². The number of esters is 1. The number of carbonyl (C=O) groups excluding carboxylic acids is 2. The molecule has 2 aliphatic heterocycles. The second kappa shape index (κ2) is 8.25. The van der Waals surface area contributed by atoms with Gasteiger partial charge in [-0.15, -0.1) is 11.3 Å². The summed E-state index contributed by atoms with van der Waals surface area (Å²) in [7, 11) is 0. The molecule has 176 valence electrons. The number of nitriles is 1. The van der Waals surface area contributed by atoms with E-state index >= 15 is 0 Å². The highest BCUT2D eigenvalue weighted by atomic mass is 32.1. The number of amides is 1. The molecule has 0 unspecified atom stereocenters. The highest BCUT2D eigenvalue weighted by Crippen LogP contribution is 2.59. The molecule has 9 heteroatoms. The van der Waals surface area contributed by atoms with Crippen LogP contribution < -0.4 is 15.4 Å². The first-order valence-corrected chi connectivity index (χ1v) is 11.7. The molecule has 3 aromatic rings. The molecular weight excluding hydrogens is 469 g/mol. The Morgan fingerprint density at radius 2 is 1.97 bits per heavy atom. The number of rotatable bonds is 4. The van der Waals surface area contributed by atoms with Crippen molar-refractivity contribution in [3.8, 4) is 11.8 Å². The maximum atomic E-state index is 14.6. The summed E-state index contributed by atoms with van der Waals surface area (Å²) in [6, 6.07) is 15.3. The van der Waals surface area contributed by atoms with Gasteiger partial charge in [-0.2, -0.15) is 5.26 Å². The zero-order chi connectivity index (χ0) is 24.9. The lowest BCUT2D eigenvalue weighted by molar-refractivity contribution is -0.121. The summed E-state index contributed by atoms with van der Waals surface area (Å²) in [5, 5.41) is 10.2. The zero-order valence-electron chi connectivity index (χ0n) is 18.9. The van der Waals surface area contributed by atoms with Gasteiger partial charge in [-0.3, -0.25) is 4.79 Å². The maximum Gasteiger partial charge on any atom is 0.343 e. The standard InChI is InChI=1S/C26H20FN3O4S/c1-3-33-24(31)20-14(2)35-22-21(20)34-23(29)17(12-28)26(22)16-9-5-7-11-19(16)30(25(26)32)13-15-8-4-6-10-18(15)27/h4-11H,3,13,29H2,1-2H3/t26-/m1/s1. The molecule has 0 radical (unpaired) electrons. The number of ether oxygens (including phenoxy) is 2. The Hall–Kier alpha value is -4.16. The number of benzene rings is 2. The van der Waals surface area contributed by atoms with Crippen LogP contribution in [0.5, 0.6) is 5.75 Å². The number of fused-ring (bicyclic) bond motifs is 4. The second-order valence-corrected chi connectivity index (χ2v) is 9.34. The van der Waals surface area contributed by atoms with Gasteiger partial charge in [-0.25, -0.2) is 9.18 Å². The van der Waals surface area contributed by atoms with Crippen molar-refractivity contribution in [2.75, 3.05) is 11.5 Å². The molecule has 7 nitrogen and oxygen atoms in total. The van der Waals surface area contributed by atoms with Crippen molar-refractivity contribution in [1.82, 2.24) is 0 Å². The second-order valence-electron chi connectivity index (χ2n) is 8.11. The summed E-state index contributed by atoms with van der Waals surface area (Å²) < 4.78 is 25.6. The van der Waals surface area contributed by atoms with Gasteiger partial charge >= 0.3 is 5.97 Å². The monoisotopic (exact) mass is 489 g/mol. The SMILES string of the molecule is CCOC(=O)c1c(C)sc2c1OC(N)=C(C#N)[C@@]21C(=O)N(Cc2ccccc2F)c2ccccc21. The van der Waals surface area contributed by atoms with Gasteiger partial charge in [-0.1, -0.05) is 36.4 Å². The van der Waals surface area contributed by atoms with Crippen molar-refractivity contribution in [3.63, 3.8) is 0 Å². The van der Waals surface area contributed by atoms with Crippen LogP contribution in [-0.2, 0) is 21.5 Å². The predicted octanol–water partition coefficient (Wildman–Crippen LogP) is 4.29. The lowest BCUT2D eigenvalue weighted by atomic mass is 9.72. The summed E-state index contributed by atoms with van der Waals surface area (Å²) >= 11 is 1.18. The number of anilines is 1. The van der Waals surface area contributed by atoms with Crippen LogP contribution >= 0.6 is 11.3 Å². The van der Waals surface area contributed by atoms with E-state index in [1.54, 1.807) is 56.3 Å². The predicted molar refractivity (Wildman–Crippen MR) is 127 cm³/mol. The van der Waals surface area contributed by atoms with Crippen molar-refractivity contribution in [2.24, 2.45) is 5.73 Å². The third kappa shape index (κ3) is 3.07. The largest absolute Gasteiger partial charge is 0.462 e. The molecule has 2 N–H and O–H groups in total. The molecule has 0 saturated heterocycles. The van der Waals surface area contributed by atoms with E-state index in [4.69, 9.17) is 15.2 Å². The summed E-state index contributed by atoms with van der Waals surface area (Å²) in [5.41, 5.74) is 6.04. The van der Waals surface area contributed by atoms with Crippen LogP contribution in [0.1, 0.15) is 38.2 Å². The number of hydrogen-bond donors (Lipinski definition) is 1. The first kappa shape index (κ1) is 22.6. The first-order valence-electron chi connectivity index (χ1n) is 10.9. The van der Waals surface area contributed by atoms with Crippen molar-refractivity contribution >= 4 is 28.9 Å². The third-order valence-corrected chi connectivity index (χ3v) is 7.46. The van der Waals surface area contributed by atoms with Gasteiger partial charge in [-0.05, 0) is 26.0 Å². The number of thiophene rings is 1. The Balaban J connectivity index is 1.79. The molecule has 0 fully saturated rings. The van der Waals surface area contributed by atoms with Gasteiger partial charge in [0, 0.05) is 21.7 Å². The van der Waals surface area contributed by atoms with E-state index in [9.17, 15) is 19.2 Å². The molecule has 1 spiro atoms. The number of nitrogens with zero attached hydrogens (tertiary/aromatic N) is 2. The van der Waals surface area contributed by atoms with E-state index in [0.29, 0.717) is 26.6 Å². The minimum Gasteiger partial charge on any atom is -0.462 e. The van der Waals surface area contributed by atoms with Crippen LogP contribution in [0, 0.1) is 24.1 Å². The molecular formula is C26H20FN3O4S. The van der Waals surface area contributed by atoms with E-state index < -0.39 is 23.1 Å². The Labute approximate surface area is 204 Å². The molecule has 1 amide bonds. The van der Waals surface area contributed by atoms with Gasteiger partial charge in [0.15, 0.2) is 11.2 Å². The fraction of sp³-hybridized carbons (Fsp3) is 0.192. The van der Waals surface area contributed by atoms with Crippen LogP contribution in [-0.4, -0.2) is 18.5 Å². The number of nitrogens with two attached hydrogens (primary N) is 1. The number of aryl methyl sites for hydroxylation is 1. The topological polar surface area (TPSA) is 106 Å². The minimum atomic E-state index is -1.63. The number of para-hydroxylation sites is 1. The average Bonchev–Trinajstić information content (AvgIpc) is 3.29. The van der Waals surface area contributed by atoms with Gasteiger partial charge < -0.3 is 20.1 Å². The molecule has 1 aromatic heterocycles. The normalized spacial score (nSPS) is 18.2. The summed E-state index contributed by atoms with van der Waals surface area (Å²) in [6.07, 6.45) is 0. The Morgan fingerprint density at radius 3 is 2.69 bits per heavy atom. The van der Waals surface area contributed by atoms with Gasteiger partial charge in [0.05, 0.1) is 18.0 Å². The minimum absolute atomic E-state index is 0.0475. The fourth-order valence-corrected chi connectivity index (χ4v) is 6.05. The van der Waals surface area contributed by atoms with Crippen LogP contribution in [0.3, 0.4) is 0 Å². The van der Waals surface area contributed by atoms with Crippen molar-refractivity contribution in [1.29, 1.82) is 5.26 Å². The molecule has 3 heterocycles. The zero-order valence-corrected chi connectivity index (χ0v) is 19.7. The number of carbonyl (C=O) groups is 2. The van der Waals surface area contributed by atoms with Gasteiger partial charge in [0.25, 0.3) is 0 Å². The molecule has 35 heavy (non-hydrogen) atoms. The Morgan fingerprint density at radius 1 is 1.26 bits per heavy atom. The number of hydrogen-bond acceptors (Lipinski definition) is 7. The molecule has 5 rings (SSSR count). The molecule has 0 aliphatic carbocycles. The lowest BCUT2D eigenvalue weighted by Gasteiger charge is -2.32. The molecule has 2 aromatic carbocycles. The molecule has 2 aliphatic rings. The average molecular weight is 490 g/mol. The quantitative estimate of drug-likeness (QED) is 0.548. The summed E-state index contributed by atoms with van der Waals surface area (Å²) in [6.45, 7) is 3.51. The molecule has 1 atom stereocenters. The molecule has 0 saturated carbocycles. The Kier molecular flexibility index (Phi) is 5.33. The van der Waals surface area contributed by atoms with Gasteiger partial charge in [0.1, 0.15) is 23.0 Å².